The average molecular weight is 532 g/mol. The summed E-state index contributed by atoms with van der Waals surface area (Å²) in [6.07, 6.45) is 4.59. The molecular weight excluding hydrogens is 501 g/mol. The molecule has 1 aliphatic carbocycles. The quantitative estimate of drug-likeness (QED) is 0.375. The van der Waals surface area contributed by atoms with Crippen LogP contribution in [-0.2, 0) is 14.4 Å². The number of benzene rings is 1. The SMILES string of the molecule is CN1C2CCC1[C@H](COc1cccc(Cl)c1Cl)[C@H](C1CC1)C2.O=C(O)CC(O)(CC(=O)O)C(=O)O. The van der Waals surface area contributed by atoms with E-state index in [1.807, 2.05) is 12.1 Å². The average Bonchev–Trinajstić information content (AvgIpc) is 3.55. The monoisotopic (exact) mass is 531 g/mol. The number of halogens is 2. The van der Waals surface area contributed by atoms with Crippen LogP contribution in [0.3, 0.4) is 0 Å². The number of hydrogen-bond donors (Lipinski definition) is 4. The Balaban J connectivity index is 0.000000228. The molecule has 2 saturated heterocycles. The van der Waals surface area contributed by atoms with Gasteiger partial charge in [0.25, 0.3) is 0 Å². The van der Waals surface area contributed by atoms with E-state index in [9.17, 15) is 14.4 Å². The van der Waals surface area contributed by atoms with Gasteiger partial charge >= 0.3 is 17.9 Å². The lowest BCUT2D eigenvalue weighted by atomic mass is 9.77. The molecule has 0 spiro atoms. The lowest BCUT2D eigenvalue weighted by Crippen LogP contribution is -2.49. The van der Waals surface area contributed by atoms with Gasteiger partial charge < -0.3 is 30.1 Å². The minimum atomic E-state index is -2.74. The lowest BCUT2D eigenvalue weighted by molar-refractivity contribution is -0.170. The predicted octanol–water partition coefficient (Wildman–Crippen LogP) is 3.63. The number of ether oxygens (including phenoxy) is 1. The summed E-state index contributed by atoms with van der Waals surface area (Å²) in [6.45, 7) is 0.767. The van der Waals surface area contributed by atoms with Crippen LogP contribution < -0.4 is 4.74 Å². The van der Waals surface area contributed by atoms with E-state index in [0.717, 1.165) is 30.2 Å². The van der Waals surface area contributed by atoms with Crippen molar-refractivity contribution in [2.45, 2.75) is 62.6 Å². The van der Waals surface area contributed by atoms with E-state index in [-0.39, 0.29) is 0 Å². The number of carboxylic acids is 3. The molecule has 2 aliphatic heterocycles. The van der Waals surface area contributed by atoms with E-state index in [4.69, 9.17) is 48.4 Å². The Bertz CT molecular complexity index is 937. The second-order valence-corrected chi connectivity index (χ2v) is 10.5. The van der Waals surface area contributed by atoms with Crippen molar-refractivity contribution in [1.82, 2.24) is 4.90 Å². The molecule has 1 aromatic carbocycles. The van der Waals surface area contributed by atoms with Crippen molar-refractivity contribution >= 4 is 41.1 Å². The van der Waals surface area contributed by atoms with Gasteiger partial charge in [0.2, 0.25) is 0 Å². The highest BCUT2D eigenvalue weighted by Crippen LogP contribution is 2.51. The topological polar surface area (TPSA) is 145 Å². The number of piperidine rings is 1. The first kappa shape index (κ1) is 27.5. The molecule has 4 N–H and O–H groups in total. The molecule has 2 heterocycles. The predicted molar refractivity (Wildman–Crippen MR) is 128 cm³/mol. The molecule has 11 heteroatoms. The summed E-state index contributed by atoms with van der Waals surface area (Å²) in [5.74, 6) is -1.88. The second-order valence-electron chi connectivity index (χ2n) is 9.71. The summed E-state index contributed by atoms with van der Waals surface area (Å²) in [5.41, 5.74) is -2.74. The minimum Gasteiger partial charge on any atom is -0.492 e. The fourth-order valence-electron chi connectivity index (χ4n) is 5.41. The van der Waals surface area contributed by atoms with Crippen LogP contribution in [0.5, 0.6) is 5.75 Å². The van der Waals surface area contributed by atoms with Gasteiger partial charge in [0, 0.05) is 18.0 Å². The molecule has 194 valence electrons. The number of nitrogens with zero attached hydrogens (tertiary/aromatic N) is 1. The molecule has 3 fully saturated rings. The Hall–Kier alpha value is -2.07. The summed E-state index contributed by atoms with van der Waals surface area (Å²) in [7, 11) is 2.30. The van der Waals surface area contributed by atoms with E-state index in [1.54, 1.807) is 6.07 Å². The number of hydrogen-bond acceptors (Lipinski definition) is 6. The Morgan fingerprint density at radius 1 is 1.06 bits per heavy atom. The van der Waals surface area contributed by atoms with Crippen molar-refractivity contribution in [3.63, 3.8) is 0 Å². The summed E-state index contributed by atoms with van der Waals surface area (Å²) in [5, 5.41) is 34.9. The molecule has 0 radical (unpaired) electrons. The number of aliphatic carboxylic acids is 3. The molecule has 35 heavy (non-hydrogen) atoms. The van der Waals surface area contributed by atoms with Crippen LogP contribution >= 0.6 is 23.2 Å². The fraction of sp³-hybridized carbons (Fsp3) is 0.625. The zero-order valence-corrected chi connectivity index (χ0v) is 20.9. The molecule has 1 saturated carbocycles. The highest BCUT2D eigenvalue weighted by molar-refractivity contribution is 6.42. The molecule has 0 aromatic heterocycles. The standard InChI is InChI=1S/C18H23Cl2NO.C6H8O7/c1-21-12-7-8-16(21)14(13(9-12)11-5-6-11)10-22-17-4-2-3-15(19)18(17)20;7-3(8)1-6(13,5(11)12)2-4(9)10/h2-4,11-14,16H,5-10H2,1H3;13H,1-2H2,(H,7,8)(H,9,10)(H,11,12)/t12?,13-,14+,16?;/m0./s1. The normalized spacial score (nSPS) is 25.9. The van der Waals surface area contributed by atoms with Gasteiger partial charge in [-0.1, -0.05) is 29.3 Å². The molecule has 4 atom stereocenters. The minimum absolute atomic E-state index is 0.542. The third kappa shape index (κ3) is 6.78. The van der Waals surface area contributed by atoms with E-state index in [1.165, 1.54) is 32.1 Å². The maximum absolute atomic E-state index is 10.3. The summed E-state index contributed by atoms with van der Waals surface area (Å²) in [6, 6.07) is 7.12. The maximum Gasteiger partial charge on any atom is 0.336 e. The summed E-state index contributed by atoms with van der Waals surface area (Å²) in [4.78, 5) is 33.1. The molecule has 3 aliphatic rings. The Morgan fingerprint density at radius 3 is 2.23 bits per heavy atom. The largest absolute Gasteiger partial charge is 0.492 e. The number of rotatable bonds is 9. The maximum atomic E-state index is 10.3. The number of aliphatic hydroxyl groups is 1. The zero-order valence-electron chi connectivity index (χ0n) is 19.4. The van der Waals surface area contributed by atoms with Crippen LogP contribution in [0.25, 0.3) is 0 Å². The van der Waals surface area contributed by atoms with Crippen LogP contribution in [0.4, 0.5) is 0 Å². The van der Waals surface area contributed by atoms with Gasteiger partial charge in [0.1, 0.15) is 10.8 Å². The summed E-state index contributed by atoms with van der Waals surface area (Å²) < 4.78 is 6.12. The number of carbonyl (C=O) groups is 3. The van der Waals surface area contributed by atoms with E-state index >= 15 is 0 Å². The molecule has 2 unspecified atom stereocenters. The molecule has 1 aromatic rings. The van der Waals surface area contributed by atoms with Crippen LogP contribution in [-0.4, -0.2) is 74.6 Å². The van der Waals surface area contributed by atoms with Crippen molar-refractivity contribution in [3.8, 4) is 5.75 Å². The van der Waals surface area contributed by atoms with Gasteiger partial charge in [0.15, 0.2) is 5.60 Å². The van der Waals surface area contributed by atoms with E-state index in [0.29, 0.717) is 22.0 Å². The Labute approximate surface area is 213 Å². The van der Waals surface area contributed by atoms with Gasteiger partial charge in [-0.2, -0.15) is 0 Å². The van der Waals surface area contributed by atoms with Crippen LogP contribution in [0.1, 0.15) is 44.9 Å². The van der Waals surface area contributed by atoms with Crippen molar-refractivity contribution in [1.29, 1.82) is 0 Å². The van der Waals surface area contributed by atoms with Gasteiger partial charge in [-0.3, -0.25) is 9.59 Å². The molecule has 4 rings (SSSR count). The highest BCUT2D eigenvalue weighted by atomic mass is 35.5. The molecule has 2 bridgehead atoms. The second kappa shape index (κ2) is 11.3. The first-order valence-electron chi connectivity index (χ1n) is 11.6. The Morgan fingerprint density at radius 2 is 1.69 bits per heavy atom. The van der Waals surface area contributed by atoms with Gasteiger partial charge in [0.05, 0.1) is 24.5 Å². The van der Waals surface area contributed by atoms with Gasteiger partial charge in [-0.15, -0.1) is 0 Å². The third-order valence-electron chi connectivity index (χ3n) is 7.34. The van der Waals surface area contributed by atoms with Gasteiger partial charge in [-0.05, 0) is 63.1 Å². The van der Waals surface area contributed by atoms with Gasteiger partial charge in [-0.25, -0.2) is 4.79 Å². The molecule has 0 amide bonds. The molecule has 9 nitrogen and oxygen atoms in total. The van der Waals surface area contributed by atoms with E-state index in [2.05, 4.69) is 11.9 Å². The summed E-state index contributed by atoms with van der Waals surface area (Å²) >= 11 is 12.4. The number of carboxylic acid groups (broad SMARTS) is 3. The van der Waals surface area contributed by atoms with Crippen molar-refractivity contribution in [2.75, 3.05) is 13.7 Å². The number of fused-ring (bicyclic) bond motifs is 2. The zero-order chi connectivity index (χ0) is 25.9. The van der Waals surface area contributed by atoms with E-state index < -0.39 is 36.4 Å². The molecular formula is C24H31Cl2NO8. The third-order valence-corrected chi connectivity index (χ3v) is 8.15. The fourth-order valence-corrected chi connectivity index (χ4v) is 5.76. The van der Waals surface area contributed by atoms with Crippen LogP contribution in [0, 0.1) is 17.8 Å². The van der Waals surface area contributed by atoms with Crippen molar-refractivity contribution in [2.24, 2.45) is 17.8 Å². The smallest absolute Gasteiger partial charge is 0.336 e. The Kier molecular flexibility index (Phi) is 8.91. The van der Waals surface area contributed by atoms with Crippen LogP contribution in [0.15, 0.2) is 18.2 Å². The van der Waals surface area contributed by atoms with Crippen molar-refractivity contribution in [3.05, 3.63) is 28.2 Å². The first-order chi connectivity index (χ1) is 16.4. The van der Waals surface area contributed by atoms with Crippen molar-refractivity contribution < 1.29 is 39.5 Å². The first-order valence-corrected chi connectivity index (χ1v) is 12.4. The van der Waals surface area contributed by atoms with Crippen LogP contribution in [0.2, 0.25) is 10.0 Å². The lowest BCUT2D eigenvalue weighted by Gasteiger charge is -2.43. The highest BCUT2D eigenvalue weighted by Gasteiger charge is 2.50.